The fourth-order valence-electron chi connectivity index (χ4n) is 2.54. The van der Waals surface area contributed by atoms with Gasteiger partial charge in [-0.05, 0) is 18.6 Å². The molecule has 2 atom stereocenters. The number of rotatable bonds is 1. The van der Waals surface area contributed by atoms with Crippen LogP contribution in [0.3, 0.4) is 0 Å². The molecule has 1 aliphatic heterocycles. The van der Waals surface area contributed by atoms with Crippen molar-refractivity contribution in [3.8, 4) is 0 Å². The molecular formula is C14H12ClF6NO. The number of halogens is 7. The summed E-state index contributed by atoms with van der Waals surface area (Å²) in [7, 11) is 0. The van der Waals surface area contributed by atoms with Gasteiger partial charge in [0.05, 0.1) is 22.4 Å². The fraction of sp³-hybridized carbons (Fsp3) is 0.500. The summed E-state index contributed by atoms with van der Waals surface area (Å²) in [5.74, 6) is -5.36. The first-order valence-corrected chi connectivity index (χ1v) is 7.05. The lowest BCUT2D eigenvalue weighted by Crippen LogP contribution is -2.51. The van der Waals surface area contributed by atoms with Crippen LogP contribution in [0.4, 0.5) is 26.3 Å². The van der Waals surface area contributed by atoms with E-state index >= 15 is 0 Å². The number of carbonyl (C=O) groups is 1. The molecule has 0 spiro atoms. The number of alkyl halides is 6. The van der Waals surface area contributed by atoms with E-state index in [0.717, 1.165) is 0 Å². The van der Waals surface area contributed by atoms with Crippen LogP contribution in [0.5, 0.6) is 0 Å². The smallest absolute Gasteiger partial charge is 0.337 e. The molecule has 0 bridgehead atoms. The number of carbonyl (C=O) groups excluding carboxylic acids is 1. The van der Waals surface area contributed by atoms with Gasteiger partial charge in [-0.1, -0.05) is 23.7 Å². The molecule has 1 amide bonds. The standard InChI is InChI=1S/C14H12ClF6NO/c15-11-4-2-1-3-10(11)12(23)22-6-8(13(16,17)18)5-9(7-22)14(19,20)21/h1-4,8-9H,5-7H2/t8-,9+. The highest BCUT2D eigenvalue weighted by atomic mass is 35.5. The molecule has 1 aromatic carbocycles. The second-order valence-electron chi connectivity index (χ2n) is 5.40. The van der Waals surface area contributed by atoms with Crippen molar-refractivity contribution in [2.24, 2.45) is 11.8 Å². The molecule has 1 aromatic rings. The van der Waals surface area contributed by atoms with Gasteiger partial charge in [0, 0.05) is 13.1 Å². The third kappa shape index (κ3) is 4.10. The van der Waals surface area contributed by atoms with Crippen molar-refractivity contribution in [2.45, 2.75) is 18.8 Å². The summed E-state index contributed by atoms with van der Waals surface area (Å²) in [6.07, 6.45) is -10.7. The Bertz CT molecular complexity index is 563. The van der Waals surface area contributed by atoms with E-state index in [-0.39, 0.29) is 10.6 Å². The lowest BCUT2D eigenvalue weighted by molar-refractivity contribution is -0.226. The van der Waals surface area contributed by atoms with Crippen LogP contribution in [0.2, 0.25) is 5.02 Å². The number of likely N-dealkylation sites (tertiary alicyclic amines) is 1. The van der Waals surface area contributed by atoms with Gasteiger partial charge >= 0.3 is 12.4 Å². The maximum atomic E-state index is 12.9. The third-order valence-corrected chi connectivity index (χ3v) is 4.10. The van der Waals surface area contributed by atoms with Crippen LogP contribution in [0.1, 0.15) is 16.8 Å². The quantitative estimate of drug-likeness (QED) is 0.674. The van der Waals surface area contributed by atoms with Crippen molar-refractivity contribution in [3.63, 3.8) is 0 Å². The Morgan fingerprint density at radius 1 is 1.00 bits per heavy atom. The highest BCUT2D eigenvalue weighted by Crippen LogP contribution is 2.41. The molecule has 0 aromatic heterocycles. The normalized spacial score (nSPS) is 23.0. The van der Waals surface area contributed by atoms with Gasteiger partial charge in [0.2, 0.25) is 0 Å². The molecule has 0 radical (unpaired) electrons. The Hall–Kier alpha value is -1.44. The minimum atomic E-state index is -4.80. The summed E-state index contributed by atoms with van der Waals surface area (Å²) in [6, 6.07) is 5.56. The summed E-state index contributed by atoms with van der Waals surface area (Å²) in [4.78, 5) is 12.9. The number of nitrogens with zero attached hydrogens (tertiary/aromatic N) is 1. The molecule has 0 N–H and O–H groups in total. The van der Waals surface area contributed by atoms with E-state index in [1.807, 2.05) is 0 Å². The van der Waals surface area contributed by atoms with Crippen LogP contribution in [0.25, 0.3) is 0 Å². The average molecular weight is 360 g/mol. The van der Waals surface area contributed by atoms with Crippen LogP contribution in [-0.2, 0) is 0 Å². The Balaban J connectivity index is 2.29. The highest BCUT2D eigenvalue weighted by molar-refractivity contribution is 6.33. The van der Waals surface area contributed by atoms with Gasteiger partial charge in [0.1, 0.15) is 0 Å². The van der Waals surface area contributed by atoms with Gasteiger partial charge in [-0.25, -0.2) is 0 Å². The predicted octanol–water partition coefficient (Wildman–Crippen LogP) is 4.54. The van der Waals surface area contributed by atoms with E-state index in [0.29, 0.717) is 4.90 Å². The van der Waals surface area contributed by atoms with Gasteiger partial charge in [-0.2, -0.15) is 26.3 Å². The number of amides is 1. The maximum Gasteiger partial charge on any atom is 0.393 e. The summed E-state index contributed by atoms with van der Waals surface area (Å²) in [5, 5.41) is -0.0183. The van der Waals surface area contributed by atoms with Gasteiger partial charge in [-0.3, -0.25) is 4.79 Å². The molecule has 1 saturated heterocycles. The number of hydrogen-bond acceptors (Lipinski definition) is 1. The third-order valence-electron chi connectivity index (χ3n) is 3.77. The molecule has 1 heterocycles. The molecule has 1 fully saturated rings. The molecular weight excluding hydrogens is 348 g/mol. The summed E-state index contributed by atoms with van der Waals surface area (Å²) in [6.45, 7) is -1.61. The lowest BCUT2D eigenvalue weighted by atomic mass is 9.88. The summed E-state index contributed by atoms with van der Waals surface area (Å²) < 4.78 is 77.3. The zero-order valence-corrected chi connectivity index (χ0v) is 12.3. The molecule has 0 aliphatic carbocycles. The fourth-order valence-corrected chi connectivity index (χ4v) is 2.76. The zero-order valence-electron chi connectivity index (χ0n) is 11.6. The van der Waals surface area contributed by atoms with Crippen molar-refractivity contribution in [2.75, 3.05) is 13.1 Å². The monoisotopic (exact) mass is 359 g/mol. The Kier molecular flexibility index (Phi) is 4.84. The van der Waals surface area contributed by atoms with E-state index in [2.05, 4.69) is 0 Å². The number of piperidine rings is 1. The molecule has 23 heavy (non-hydrogen) atoms. The van der Waals surface area contributed by atoms with Gasteiger partial charge < -0.3 is 4.90 Å². The first-order chi connectivity index (χ1) is 10.5. The largest absolute Gasteiger partial charge is 0.393 e. The van der Waals surface area contributed by atoms with Crippen LogP contribution >= 0.6 is 11.6 Å². The van der Waals surface area contributed by atoms with Crippen LogP contribution in [0.15, 0.2) is 24.3 Å². The molecule has 2 rings (SSSR count). The topological polar surface area (TPSA) is 20.3 Å². The molecule has 128 valence electrons. The predicted molar refractivity (Wildman–Crippen MR) is 71.1 cm³/mol. The Morgan fingerprint density at radius 2 is 1.48 bits per heavy atom. The van der Waals surface area contributed by atoms with E-state index in [1.165, 1.54) is 24.3 Å². The molecule has 9 heteroatoms. The first-order valence-electron chi connectivity index (χ1n) is 6.67. The number of benzene rings is 1. The lowest BCUT2D eigenvalue weighted by Gasteiger charge is -2.39. The van der Waals surface area contributed by atoms with Gasteiger partial charge in [0.25, 0.3) is 5.91 Å². The Labute approximate surface area is 133 Å². The van der Waals surface area contributed by atoms with Gasteiger partial charge in [-0.15, -0.1) is 0 Å². The van der Waals surface area contributed by atoms with Gasteiger partial charge in [0.15, 0.2) is 0 Å². The second-order valence-corrected chi connectivity index (χ2v) is 5.81. The zero-order chi connectivity index (χ0) is 17.4. The van der Waals surface area contributed by atoms with Crippen molar-refractivity contribution in [1.82, 2.24) is 4.90 Å². The average Bonchev–Trinajstić information content (AvgIpc) is 2.45. The molecule has 2 nitrogen and oxygen atoms in total. The minimum Gasteiger partial charge on any atom is -0.337 e. The van der Waals surface area contributed by atoms with Crippen molar-refractivity contribution < 1.29 is 31.1 Å². The van der Waals surface area contributed by atoms with E-state index < -0.39 is 49.6 Å². The molecule has 0 saturated carbocycles. The first kappa shape index (κ1) is 17.9. The highest BCUT2D eigenvalue weighted by Gasteiger charge is 2.52. The van der Waals surface area contributed by atoms with Crippen molar-refractivity contribution in [1.29, 1.82) is 0 Å². The van der Waals surface area contributed by atoms with Crippen molar-refractivity contribution in [3.05, 3.63) is 34.9 Å². The summed E-state index contributed by atoms with van der Waals surface area (Å²) >= 11 is 5.80. The second kappa shape index (κ2) is 6.22. The van der Waals surface area contributed by atoms with Crippen molar-refractivity contribution >= 4 is 17.5 Å². The van der Waals surface area contributed by atoms with E-state index in [4.69, 9.17) is 11.6 Å². The maximum absolute atomic E-state index is 12.9. The SMILES string of the molecule is O=C(c1ccccc1Cl)N1C[C@H](C(F)(F)F)C[C@H](C(F)(F)F)C1. The molecule has 1 aliphatic rings. The minimum absolute atomic E-state index is 0.0183. The van der Waals surface area contributed by atoms with E-state index in [1.54, 1.807) is 0 Å². The van der Waals surface area contributed by atoms with Crippen LogP contribution in [-0.4, -0.2) is 36.2 Å². The number of hydrogen-bond donors (Lipinski definition) is 0. The van der Waals surface area contributed by atoms with Crippen LogP contribution in [0, 0.1) is 11.8 Å². The van der Waals surface area contributed by atoms with E-state index in [9.17, 15) is 31.1 Å². The Morgan fingerprint density at radius 3 is 1.91 bits per heavy atom. The molecule has 0 unspecified atom stereocenters. The summed E-state index contributed by atoms with van der Waals surface area (Å²) in [5.41, 5.74) is -0.113. The van der Waals surface area contributed by atoms with Crippen LogP contribution < -0.4 is 0 Å².